The summed E-state index contributed by atoms with van der Waals surface area (Å²) in [7, 11) is 2.97. The minimum atomic E-state index is -0.711. The van der Waals surface area contributed by atoms with Gasteiger partial charge in [-0.1, -0.05) is 12.8 Å². The van der Waals surface area contributed by atoms with Crippen molar-refractivity contribution in [2.24, 2.45) is 4.99 Å². The second kappa shape index (κ2) is 6.16. The Balaban J connectivity index is 2.60. The number of halogens is 1. The van der Waals surface area contributed by atoms with Gasteiger partial charge in [-0.2, -0.15) is 4.99 Å². The third-order valence-electron chi connectivity index (χ3n) is 3.81. The number of rotatable bonds is 5. The lowest BCUT2D eigenvalue weighted by Gasteiger charge is -2.26. The second-order valence-corrected chi connectivity index (χ2v) is 5.03. The molecule has 1 aromatic rings. The Morgan fingerprint density at radius 2 is 2.05 bits per heavy atom. The van der Waals surface area contributed by atoms with Gasteiger partial charge in [0.15, 0.2) is 11.6 Å². The topological polar surface area (TPSA) is 47.9 Å². The van der Waals surface area contributed by atoms with Crippen LogP contribution in [-0.2, 0) is 21.7 Å². The number of benzene rings is 1. The molecule has 1 aliphatic carbocycles. The number of aliphatic imine (C=N–C) groups is 1. The molecule has 1 fully saturated rings. The predicted molar refractivity (Wildman–Crippen MR) is 71.9 cm³/mol. The van der Waals surface area contributed by atoms with Crippen molar-refractivity contribution >= 4 is 6.08 Å². The highest BCUT2D eigenvalue weighted by atomic mass is 19.1. The van der Waals surface area contributed by atoms with E-state index in [-0.39, 0.29) is 5.75 Å². The molecule has 0 atom stereocenters. The quantitative estimate of drug-likeness (QED) is 0.614. The van der Waals surface area contributed by atoms with Gasteiger partial charge in [0, 0.05) is 12.7 Å². The van der Waals surface area contributed by atoms with Crippen LogP contribution in [0.3, 0.4) is 0 Å². The fraction of sp³-hybridized carbons (Fsp3) is 0.533. The number of isocyanates is 1. The first-order valence-electron chi connectivity index (χ1n) is 6.61. The summed E-state index contributed by atoms with van der Waals surface area (Å²) >= 11 is 0. The molecule has 0 unspecified atom stereocenters. The van der Waals surface area contributed by atoms with Gasteiger partial charge in [-0.15, -0.1) is 0 Å². The number of ether oxygens (including phenoxy) is 2. The van der Waals surface area contributed by atoms with Crippen molar-refractivity contribution in [3.05, 3.63) is 29.1 Å². The van der Waals surface area contributed by atoms with Crippen LogP contribution in [0.5, 0.6) is 5.75 Å². The molecular formula is C15H18FNO3. The number of hydrogen-bond donors (Lipinski definition) is 0. The molecule has 1 aromatic carbocycles. The number of nitrogens with zero attached hydrogens (tertiary/aromatic N) is 1. The minimum absolute atomic E-state index is 0.158. The summed E-state index contributed by atoms with van der Waals surface area (Å²) in [5.41, 5.74) is 0.610. The lowest BCUT2D eigenvalue weighted by molar-refractivity contribution is 0.184. The Morgan fingerprint density at radius 1 is 1.35 bits per heavy atom. The van der Waals surface area contributed by atoms with Crippen molar-refractivity contribution in [1.29, 1.82) is 0 Å². The van der Waals surface area contributed by atoms with Crippen molar-refractivity contribution in [2.75, 3.05) is 14.2 Å². The highest BCUT2D eigenvalue weighted by molar-refractivity contribution is 5.47. The second-order valence-electron chi connectivity index (χ2n) is 5.03. The average Bonchev–Trinajstić information content (AvgIpc) is 2.89. The Hall–Kier alpha value is -1.71. The largest absolute Gasteiger partial charge is 0.493 e. The van der Waals surface area contributed by atoms with E-state index in [2.05, 4.69) is 4.99 Å². The van der Waals surface area contributed by atoms with E-state index in [9.17, 15) is 9.18 Å². The van der Waals surface area contributed by atoms with E-state index in [4.69, 9.17) is 9.47 Å². The van der Waals surface area contributed by atoms with Crippen LogP contribution in [0, 0.1) is 5.82 Å². The van der Waals surface area contributed by atoms with Crippen LogP contribution in [-0.4, -0.2) is 20.3 Å². The fourth-order valence-electron chi connectivity index (χ4n) is 2.94. The van der Waals surface area contributed by atoms with Gasteiger partial charge in [-0.05, 0) is 30.5 Å². The molecule has 0 N–H and O–H groups in total. The molecule has 0 aliphatic heterocycles. The van der Waals surface area contributed by atoms with Crippen LogP contribution in [0.4, 0.5) is 4.39 Å². The average molecular weight is 279 g/mol. The third-order valence-corrected chi connectivity index (χ3v) is 3.81. The van der Waals surface area contributed by atoms with Crippen molar-refractivity contribution in [2.45, 2.75) is 37.8 Å². The highest BCUT2D eigenvalue weighted by Gasteiger charge is 2.39. The summed E-state index contributed by atoms with van der Waals surface area (Å²) < 4.78 is 24.4. The summed E-state index contributed by atoms with van der Waals surface area (Å²) in [6.45, 7) is 0.300. The molecule has 1 aliphatic rings. The summed E-state index contributed by atoms with van der Waals surface area (Å²) in [4.78, 5) is 14.8. The molecule has 1 saturated carbocycles. The van der Waals surface area contributed by atoms with Crippen molar-refractivity contribution in [3.63, 3.8) is 0 Å². The zero-order valence-corrected chi connectivity index (χ0v) is 11.7. The Kier molecular flexibility index (Phi) is 4.53. The molecule has 20 heavy (non-hydrogen) atoms. The van der Waals surface area contributed by atoms with E-state index in [1.54, 1.807) is 13.2 Å². The van der Waals surface area contributed by atoms with Crippen LogP contribution >= 0.6 is 0 Å². The minimum Gasteiger partial charge on any atom is -0.493 e. The fourth-order valence-corrected chi connectivity index (χ4v) is 2.94. The smallest absolute Gasteiger partial charge is 0.235 e. The molecular weight excluding hydrogens is 261 g/mol. The van der Waals surface area contributed by atoms with E-state index in [1.165, 1.54) is 13.2 Å². The van der Waals surface area contributed by atoms with E-state index in [0.29, 0.717) is 30.6 Å². The van der Waals surface area contributed by atoms with Gasteiger partial charge < -0.3 is 9.47 Å². The molecule has 0 amide bonds. The van der Waals surface area contributed by atoms with E-state index >= 15 is 0 Å². The monoisotopic (exact) mass is 279 g/mol. The van der Waals surface area contributed by atoms with Crippen LogP contribution in [0.2, 0.25) is 0 Å². The van der Waals surface area contributed by atoms with Crippen LogP contribution in [0.25, 0.3) is 0 Å². The Bertz CT molecular complexity index is 532. The molecule has 0 heterocycles. The number of methoxy groups -OCH3 is 2. The van der Waals surface area contributed by atoms with Gasteiger partial charge in [0.1, 0.15) is 5.54 Å². The number of hydrogen-bond acceptors (Lipinski definition) is 4. The summed E-state index contributed by atoms with van der Waals surface area (Å²) in [6.07, 6.45) is 4.94. The Labute approximate surface area is 117 Å². The zero-order valence-electron chi connectivity index (χ0n) is 11.7. The first-order valence-corrected chi connectivity index (χ1v) is 6.61. The van der Waals surface area contributed by atoms with Crippen LogP contribution < -0.4 is 4.74 Å². The van der Waals surface area contributed by atoms with Crippen molar-refractivity contribution in [3.8, 4) is 5.75 Å². The van der Waals surface area contributed by atoms with E-state index in [0.717, 1.165) is 12.8 Å². The molecule has 0 saturated heterocycles. The summed E-state index contributed by atoms with van der Waals surface area (Å²) in [6, 6.07) is 3.21. The Morgan fingerprint density at radius 3 is 2.60 bits per heavy atom. The molecule has 0 aromatic heterocycles. The van der Waals surface area contributed by atoms with Crippen molar-refractivity contribution in [1.82, 2.24) is 0 Å². The van der Waals surface area contributed by atoms with Gasteiger partial charge in [-0.3, -0.25) is 0 Å². The molecule has 0 bridgehead atoms. The molecule has 5 heteroatoms. The summed E-state index contributed by atoms with van der Waals surface area (Å²) in [5, 5.41) is 0. The van der Waals surface area contributed by atoms with Gasteiger partial charge >= 0.3 is 0 Å². The predicted octanol–water partition coefficient (Wildman–Crippen LogP) is 3.09. The zero-order chi connectivity index (χ0) is 14.6. The maximum atomic E-state index is 14.2. The van der Waals surface area contributed by atoms with Gasteiger partial charge in [0.05, 0.1) is 13.7 Å². The van der Waals surface area contributed by atoms with E-state index < -0.39 is 11.4 Å². The first kappa shape index (κ1) is 14.7. The van der Waals surface area contributed by atoms with Crippen molar-refractivity contribution < 1.29 is 18.7 Å². The van der Waals surface area contributed by atoms with Crippen LogP contribution in [0.15, 0.2) is 17.1 Å². The van der Waals surface area contributed by atoms with E-state index in [1.807, 2.05) is 6.07 Å². The third kappa shape index (κ3) is 2.60. The molecule has 108 valence electrons. The molecule has 0 radical (unpaired) electrons. The lowest BCUT2D eigenvalue weighted by atomic mass is 9.87. The summed E-state index contributed by atoms with van der Waals surface area (Å²) in [5.74, 6) is -0.296. The normalized spacial score (nSPS) is 16.8. The van der Waals surface area contributed by atoms with Gasteiger partial charge in [0.25, 0.3) is 0 Å². The highest BCUT2D eigenvalue weighted by Crippen LogP contribution is 2.46. The molecule has 4 nitrogen and oxygen atoms in total. The first-order chi connectivity index (χ1) is 9.66. The SMILES string of the molecule is COCc1cc(F)c(OC)c(C2(N=C=O)CCCC2)c1. The maximum Gasteiger partial charge on any atom is 0.235 e. The van der Waals surface area contributed by atoms with Gasteiger partial charge in [-0.25, -0.2) is 9.18 Å². The molecule has 2 rings (SSSR count). The van der Waals surface area contributed by atoms with Gasteiger partial charge in [0.2, 0.25) is 6.08 Å². The molecule has 0 spiro atoms. The lowest BCUT2D eigenvalue weighted by Crippen LogP contribution is -2.21. The standard InChI is InChI=1S/C15H18FNO3/c1-19-9-11-7-12(14(20-2)13(16)8-11)15(17-10-18)5-3-4-6-15/h7-8H,3-6,9H2,1-2H3. The number of carbonyl (C=O) groups excluding carboxylic acids is 1. The van der Waals surface area contributed by atoms with Crippen LogP contribution in [0.1, 0.15) is 36.8 Å². The maximum absolute atomic E-state index is 14.2.